The molecule has 0 spiro atoms. The molecule has 0 amide bonds. The van der Waals surface area contributed by atoms with E-state index < -0.39 is 0 Å². The van der Waals surface area contributed by atoms with Gasteiger partial charge in [-0.05, 0) is 27.1 Å². The Kier molecular flexibility index (Phi) is 3.07. The van der Waals surface area contributed by atoms with Crippen LogP contribution in [-0.4, -0.2) is 41.1 Å². The molecule has 1 aromatic rings. The number of rotatable bonds is 3. The van der Waals surface area contributed by atoms with Gasteiger partial charge in [0.1, 0.15) is 0 Å². The Morgan fingerprint density at radius 2 is 2.40 bits per heavy atom. The van der Waals surface area contributed by atoms with Crippen LogP contribution in [0.15, 0.2) is 6.33 Å². The Hall–Kier alpha value is -0.870. The van der Waals surface area contributed by atoms with Crippen LogP contribution in [0.4, 0.5) is 0 Å². The molecule has 2 rings (SSSR count). The summed E-state index contributed by atoms with van der Waals surface area (Å²) in [5.74, 6) is 0. The van der Waals surface area contributed by atoms with E-state index in [0.29, 0.717) is 12.6 Å². The SMILES string of the molecule is CN(C)C1CCn2cnc(CCN)c2C1. The molecule has 1 unspecified atom stereocenters. The fourth-order valence-corrected chi connectivity index (χ4v) is 2.28. The minimum absolute atomic E-state index is 0.658. The molecule has 2 N–H and O–H groups in total. The zero-order valence-electron chi connectivity index (χ0n) is 9.61. The highest BCUT2D eigenvalue weighted by molar-refractivity contribution is 5.17. The minimum atomic E-state index is 0.658. The lowest BCUT2D eigenvalue weighted by Gasteiger charge is -2.29. The van der Waals surface area contributed by atoms with Crippen LogP contribution < -0.4 is 5.73 Å². The maximum Gasteiger partial charge on any atom is 0.0951 e. The fourth-order valence-electron chi connectivity index (χ4n) is 2.28. The molecule has 2 heterocycles. The van der Waals surface area contributed by atoms with Crippen LogP contribution >= 0.6 is 0 Å². The van der Waals surface area contributed by atoms with Crippen LogP contribution in [-0.2, 0) is 19.4 Å². The predicted molar refractivity (Wildman–Crippen MR) is 60.8 cm³/mol. The largest absolute Gasteiger partial charge is 0.334 e. The monoisotopic (exact) mass is 208 g/mol. The lowest BCUT2D eigenvalue weighted by molar-refractivity contribution is 0.245. The molecule has 0 aromatic carbocycles. The number of nitrogens with two attached hydrogens (primary N) is 1. The van der Waals surface area contributed by atoms with Gasteiger partial charge in [-0.15, -0.1) is 0 Å². The molecule has 0 bridgehead atoms. The number of hydrogen-bond acceptors (Lipinski definition) is 3. The molecular weight excluding hydrogens is 188 g/mol. The number of aryl methyl sites for hydroxylation is 1. The molecule has 4 nitrogen and oxygen atoms in total. The Morgan fingerprint density at radius 3 is 3.07 bits per heavy atom. The number of hydrogen-bond donors (Lipinski definition) is 1. The Balaban J connectivity index is 2.18. The third-order valence-electron chi connectivity index (χ3n) is 3.28. The Labute approximate surface area is 91.1 Å². The number of fused-ring (bicyclic) bond motifs is 1. The van der Waals surface area contributed by atoms with E-state index in [1.807, 2.05) is 6.33 Å². The van der Waals surface area contributed by atoms with Crippen LogP contribution in [0.3, 0.4) is 0 Å². The van der Waals surface area contributed by atoms with Gasteiger partial charge in [0.2, 0.25) is 0 Å². The lowest BCUT2D eigenvalue weighted by Crippen LogP contribution is -2.35. The van der Waals surface area contributed by atoms with Gasteiger partial charge in [0.05, 0.1) is 12.0 Å². The summed E-state index contributed by atoms with van der Waals surface area (Å²) >= 11 is 0. The highest BCUT2D eigenvalue weighted by atomic mass is 15.1. The molecule has 15 heavy (non-hydrogen) atoms. The van der Waals surface area contributed by atoms with E-state index in [9.17, 15) is 0 Å². The van der Waals surface area contributed by atoms with Crippen molar-refractivity contribution < 1.29 is 0 Å². The van der Waals surface area contributed by atoms with E-state index in [1.165, 1.54) is 17.8 Å². The quantitative estimate of drug-likeness (QED) is 0.775. The predicted octanol–water partition coefficient (Wildman–Crippen LogP) is 0.261. The number of imidazole rings is 1. The second-order valence-electron chi connectivity index (χ2n) is 4.48. The molecular formula is C11H20N4. The second-order valence-corrected chi connectivity index (χ2v) is 4.48. The van der Waals surface area contributed by atoms with Gasteiger partial charge >= 0.3 is 0 Å². The van der Waals surface area contributed by atoms with Gasteiger partial charge in [-0.3, -0.25) is 0 Å². The van der Waals surface area contributed by atoms with Crippen molar-refractivity contribution >= 4 is 0 Å². The summed E-state index contributed by atoms with van der Waals surface area (Å²) in [4.78, 5) is 6.75. The summed E-state index contributed by atoms with van der Waals surface area (Å²) in [6, 6.07) is 0.658. The molecule has 1 aliphatic rings. The fraction of sp³-hybridized carbons (Fsp3) is 0.727. The first-order chi connectivity index (χ1) is 7.22. The molecule has 84 valence electrons. The maximum absolute atomic E-state index is 5.59. The third kappa shape index (κ3) is 2.06. The molecule has 0 fully saturated rings. The van der Waals surface area contributed by atoms with Crippen molar-refractivity contribution in [2.75, 3.05) is 20.6 Å². The van der Waals surface area contributed by atoms with Gasteiger partial charge in [-0.25, -0.2) is 4.98 Å². The first-order valence-corrected chi connectivity index (χ1v) is 5.61. The smallest absolute Gasteiger partial charge is 0.0951 e. The summed E-state index contributed by atoms with van der Waals surface area (Å²) in [6.45, 7) is 1.78. The third-order valence-corrected chi connectivity index (χ3v) is 3.28. The van der Waals surface area contributed by atoms with Crippen LogP contribution in [0, 0.1) is 0 Å². The summed E-state index contributed by atoms with van der Waals surface area (Å²) < 4.78 is 2.28. The van der Waals surface area contributed by atoms with Crippen molar-refractivity contribution in [2.45, 2.75) is 31.8 Å². The summed E-state index contributed by atoms with van der Waals surface area (Å²) in [7, 11) is 4.30. The standard InChI is InChI=1S/C11H20N4/c1-14(2)9-4-6-15-8-13-10(3-5-12)11(15)7-9/h8-9H,3-7,12H2,1-2H3. The van der Waals surface area contributed by atoms with Crippen molar-refractivity contribution in [1.29, 1.82) is 0 Å². The van der Waals surface area contributed by atoms with Crippen molar-refractivity contribution in [1.82, 2.24) is 14.5 Å². The van der Waals surface area contributed by atoms with E-state index in [0.717, 1.165) is 19.4 Å². The zero-order chi connectivity index (χ0) is 10.8. The second kappa shape index (κ2) is 4.33. The van der Waals surface area contributed by atoms with Gasteiger partial charge in [-0.1, -0.05) is 0 Å². The summed E-state index contributed by atoms with van der Waals surface area (Å²) in [5, 5.41) is 0. The Morgan fingerprint density at radius 1 is 1.60 bits per heavy atom. The Bertz CT molecular complexity index is 329. The van der Waals surface area contributed by atoms with Crippen molar-refractivity contribution in [3.05, 3.63) is 17.7 Å². The molecule has 0 aliphatic carbocycles. The van der Waals surface area contributed by atoms with E-state index in [4.69, 9.17) is 5.73 Å². The van der Waals surface area contributed by atoms with Crippen LogP contribution in [0.25, 0.3) is 0 Å². The molecule has 1 atom stereocenters. The van der Waals surface area contributed by atoms with Gasteiger partial charge < -0.3 is 15.2 Å². The van der Waals surface area contributed by atoms with Crippen molar-refractivity contribution in [3.63, 3.8) is 0 Å². The average Bonchev–Trinajstić information content (AvgIpc) is 2.61. The zero-order valence-corrected chi connectivity index (χ0v) is 9.61. The van der Waals surface area contributed by atoms with E-state index in [1.54, 1.807) is 0 Å². The maximum atomic E-state index is 5.59. The van der Waals surface area contributed by atoms with Crippen LogP contribution in [0.1, 0.15) is 17.8 Å². The molecule has 0 saturated carbocycles. The number of likely N-dealkylation sites (N-methyl/N-ethyl adjacent to an activating group) is 1. The van der Waals surface area contributed by atoms with Gasteiger partial charge in [0.15, 0.2) is 0 Å². The molecule has 0 saturated heterocycles. The summed E-state index contributed by atoms with van der Waals surface area (Å²) in [5.41, 5.74) is 8.18. The average molecular weight is 208 g/mol. The van der Waals surface area contributed by atoms with E-state index in [-0.39, 0.29) is 0 Å². The van der Waals surface area contributed by atoms with E-state index in [2.05, 4.69) is 28.5 Å². The van der Waals surface area contributed by atoms with Crippen molar-refractivity contribution in [3.8, 4) is 0 Å². The van der Waals surface area contributed by atoms with Gasteiger partial charge in [-0.2, -0.15) is 0 Å². The first kappa shape index (κ1) is 10.6. The lowest BCUT2D eigenvalue weighted by atomic mass is 10.0. The number of aromatic nitrogens is 2. The van der Waals surface area contributed by atoms with Crippen molar-refractivity contribution in [2.24, 2.45) is 5.73 Å². The van der Waals surface area contributed by atoms with E-state index >= 15 is 0 Å². The topological polar surface area (TPSA) is 47.1 Å². The minimum Gasteiger partial charge on any atom is -0.334 e. The van der Waals surface area contributed by atoms with Gasteiger partial charge in [0, 0.05) is 31.1 Å². The van der Waals surface area contributed by atoms with Gasteiger partial charge in [0.25, 0.3) is 0 Å². The molecule has 1 aromatic heterocycles. The number of nitrogens with zero attached hydrogens (tertiary/aromatic N) is 3. The molecule has 1 aliphatic heterocycles. The first-order valence-electron chi connectivity index (χ1n) is 5.61. The molecule has 4 heteroatoms. The molecule has 0 radical (unpaired) electrons. The highest BCUT2D eigenvalue weighted by Gasteiger charge is 2.22. The van der Waals surface area contributed by atoms with Crippen LogP contribution in [0.5, 0.6) is 0 Å². The van der Waals surface area contributed by atoms with Crippen LogP contribution in [0.2, 0.25) is 0 Å². The summed E-state index contributed by atoms with van der Waals surface area (Å²) in [6.07, 6.45) is 5.20. The normalized spacial score (nSPS) is 20.7. The highest BCUT2D eigenvalue weighted by Crippen LogP contribution is 2.20.